The summed E-state index contributed by atoms with van der Waals surface area (Å²) < 4.78 is 41.0. The van der Waals surface area contributed by atoms with Crippen molar-refractivity contribution in [3.63, 3.8) is 0 Å². The van der Waals surface area contributed by atoms with E-state index in [-0.39, 0.29) is 16.0 Å². The van der Waals surface area contributed by atoms with Crippen LogP contribution in [0.2, 0.25) is 5.02 Å². The zero-order valence-corrected chi connectivity index (χ0v) is 17.1. The Morgan fingerprint density at radius 1 is 1.25 bits per heavy atom. The van der Waals surface area contributed by atoms with Gasteiger partial charge in [0.2, 0.25) is 10.0 Å². The van der Waals surface area contributed by atoms with E-state index in [4.69, 9.17) is 11.6 Å². The number of aromatic nitrogens is 2. The molecule has 0 aliphatic carbocycles. The van der Waals surface area contributed by atoms with Crippen molar-refractivity contribution in [2.75, 3.05) is 18.0 Å². The van der Waals surface area contributed by atoms with Crippen LogP contribution in [0, 0.1) is 5.82 Å². The summed E-state index contributed by atoms with van der Waals surface area (Å²) >= 11 is 7.35. The molecule has 0 amide bonds. The highest BCUT2D eigenvalue weighted by Crippen LogP contribution is 2.27. The Bertz CT molecular complexity index is 1060. The SMILES string of the molecule is O=S(=O)(NC1CCN(c2cc(-c3cccs3)[nH]n2)CC1)c1ccc(F)c(Cl)c1. The number of halogens is 2. The van der Waals surface area contributed by atoms with E-state index >= 15 is 0 Å². The molecule has 28 heavy (non-hydrogen) atoms. The van der Waals surface area contributed by atoms with Gasteiger partial charge in [-0.3, -0.25) is 5.10 Å². The standard InChI is InChI=1S/C18H18ClFN4O2S2/c19-14-10-13(3-4-15(14)20)28(25,26)23-12-5-7-24(8-6-12)18-11-16(21-22-18)17-2-1-9-27-17/h1-4,9-12,23H,5-8H2,(H,21,22). The van der Waals surface area contributed by atoms with Gasteiger partial charge in [-0.25, -0.2) is 17.5 Å². The van der Waals surface area contributed by atoms with Gasteiger partial charge in [0.05, 0.1) is 20.5 Å². The highest BCUT2D eigenvalue weighted by atomic mass is 35.5. The number of rotatable bonds is 5. The summed E-state index contributed by atoms with van der Waals surface area (Å²) in [6, 6.07) is 9.25. The van der Waals surface area contributed by atoms with Crippen LogP contribution in [-0.2, 0) is 10.0 Å². The van der Waals surface area contributed by atoms with E-state index in [0.717, 1.165) is 28.5 Å². The summed E-state index contributed by atoms with van der Waals surface area (Å²) in [4.78, 5) is 3.22. The average molecular weight is 441 g/mol. The summed E-state index contributed by atoms with van der Waals surface area (Å²) in [6.07, 6.45) is 1.30. The summed E-state index contributed by atoms with van der Waals surface area (Å²) in [5.41, 5.74) is 0.973. The van der Waals surface area contributed by atoms with Crippen LogP contribution in [0.15, 0.2) is 46.7 Å². The van der Waals surface area contributed by atoms with Crippen molar-refractivity contribution >= 4 is 38.8 Å². The number of H-pyrrole nitrogens is 1. The molecule has 1 aromatic carbocycles. The number of nitrogens with zero attached hydrogens (tertiary/aromatic N) is 2. The second-order valence-electron chi connectivity index (χ2n) is 6.58. The molecule has 6 nitrogen and oxygen atoms in total. The Morgan fingerprint density at radius 3 is 2.71 bits per heavy atom. The molecule has 0 bridgehead atoms. The van der Waals surface area contributed by atoms with Crippen LogP contribution < -0.4 is 9.62 Å². The Labute approximate surface area is 171 Å². The molecule has 0 atom stereocenters. The molecule has 148 valence electrons. The molecule has 0 radical (unpaired) electrons. The van der Waals surface area contributed by atoms with Crippen LogP contribution in [0.1, 0.15) is 12.8 Å². The number of hydrogen-bond acceptors (Lipinski definition) is 5. The number of hydrogen-bond donors (Lipinski definition) is 2. The number of thiophene rings is 1. The third-order valence-corrected chi connectivity index (χ3v) is 7.40. The zero-order valence-electron chi connectivity index (χ0n) is 14.7. The van der Waals surface area contributed by atoms with Gasteiger partial charge in [0.1, 0.15) is 5.82 Å². The lowest BCUT2D eigenvalue weighted by Gasteiger charge is -2.32. The van der Waals surface area contributed by atoms with Gasteiger partial charge < -0.3 is 4.90 Å². The lowest BCUT2D eigenvalue weighted by molar-refractivity contribution is 0.458. The molecule has 0 unspecified atom stereocenters. The maximum Gasteiger partial charge on any atom is 0.240 e. The van der Waals surface area contributed by atoms with Gasteiger partial charge >= 0.3 is 0 Å². The van der Waals surface area contributed by atoms with Crippen LogP contribution in [0.25, 0.3) is 10.6 Å². The third kappa shape index (κ3) is 4.07. The Balaban J connectivity index is 1.38. The predicted octanol–water partition coefficient (Wildman–Crippen LogP) is 3.88. The molecular formula is C18H18ClFN4O2S2. The summed E-state index contributed by atoms with van der Waals surface area (Å²) in [6.45, 7) is 1.37. The average Bonchev–Trinajstić information content (AvgIpc) is 3.35. The molecular weight excluding hydrogens is 423 g/mol. The second-order valence-corrected chi connectivity index (χ2v) is 9.64. The smallest absolute Gasteiger partial charge is 0.240 e. The third-order valence-electron chi connectivity index (χ3n) is 4.69. The van der Waals surface area contributed by atoms with Crippen LogP contribution in [0.5, 0.6) is 0 Å². The number of anilines is 1. The van der Waals surface area contributed by atoms with Crippen molar-refractivity contribution < 1.29 is 12.8 Å². The number of sulfonamides is 1. The van der Waals surface area contributed by atoms with Gasteiger partial charge in [-0.1, -0.05) is 17.7 Å². The van der Waals surface area contributed by atoms with Crippen molar-refractivity contribution in [3.05, 3.63) is 52.6 Å². The van der Waals surface area contributed by atoms with Gasteiger partial charge in [-0.15, -0.1) is 11.3 Å². The van der Waals surface area contributed by atoms with E-state index in [1.807, 2.05) is 23.6 Å². The van der Waals surface area contributed by atoms with E-state index < -0.39 is 15.8 Å². The fourth-order valence-electron chi connectivity index (χ4n) is 3.19. The molecule has 3 heterocycles. The number of benzene rings is 1. The summed E-state index contributed by atoms with van der Waals surface area (Å²) in [5.74, 6) is 0.213. The minimum absolute atomic E-state index is 0.0331. The minimum atomic E-state index is -3.75. The normalized spacial score (nSPS) is 15.9. The van der Waals surface area contributed by atoms with Gasteiger partial charge in [-0.05, 0) is 42.5 Å². The Kier molecular flexibility index (Phi) is 5.42. The largest absolute Gasteiger partial charge is 0.355 e. The lowest BCUT2D eigenvalue weighted by Crippen LogP contribution is -2.44. The van der Waals surface area contributed by atoms with E-state index in [9.17, 15) is 12.8 Å². The van der Waals surface area contributed by atoms with Gasteiger partial charge in [-0.2, -0.15) is 5.10 Å². The van der Waals surface area contributed by atoms with Crippen molar-refractivity contribution in [1.82, 2.24) is 14.9 Å². The van der Waals surface area contributed by atoms with Crippen LogP contribution in [0.3, 0.4) is 0 Å². The fourth-order valence-corrected chi connectivity index (χ4v) is 5.46. The van der Waals surface area contributed by atoms with Crippen molar-refractivity contribution in [3.8, 4) is 10.6 Å². The zero-order chi connectivity index (χ0) is 19.7. The monoisotopic (exact) mass is 440 g/mol. The first-order valence-corrected chi connectivity index (χ1v) is 11.5. The van der Waals surface area contributed by atoms with E-state index in [0.29, 0.717) is 25.9 Å². The predicted molar refractivity (Wildman–Crippen MR) is 109 cm³/mol. The van der Waals surface area contributed by atoms with Crippen molar-refractivity contribution in [2.24, 2.45) is 0 Å². The summed E-state index contributed by atoms with van der Waals surface area (Å²) in [7, 11) is -3.75. The second kappa shape index (κ2) is 7.82. The maximum atomic E-state index is 13.3. The molecule has 10 heteroatoms. The first-order chi connectivity index (χ1) is 13.4. The van der Waals surface area contributed by atoms with E-state index in [2.05, 4.69) is 19.8 Å². The molecule has 3 aromatic rings. The Hall–Kier alpha value is -1.94. The highest BCUT2D eigenvalue weighted by molar-refractivity contribution is 7.89. The fraction of sp³-hybridized carbons (Fsp3) is 0.278. The van der Waals surface area contributed by atoms with Crippen LogP contribution in [0.4, 0.5) is 10.2 Å². The molecule has 1 aliphatic heterocycles. The maximum absolute atomic E-state index is 13.3. The molecule has 2 N–H and O–H groups in total. The van der Waals surface area contributed by atoms with Crippen LogP contribution >= 0.6 is 22.9 Å². The molecule has 0 spiro atoms. The highest BCUT2D eigenvalue weighted by Gasteiger charge is 2.26. The number of aromatic amines is 1. The lowest BCUT2D eigenvalue weighted by atomic mass is 10.1. The molecule has 0 saturated carbocycles. The topological polar surface area (TPSA) is 78.1 Å². The van der Waals surface area contributed by atoms with Crippen LogP contribution in [-0.4, -0.2) is 37.7 Å². The first kappa shape index (κ1) is 19.4. The van der Waals surface area contributed by atoms with Gasteiger partial charge in [0, 0.05) is 25.2 Å². The van der Waals surface area contributed by atoms with Crippen molar-refractivity contribution in [2.45, 2.75) is 23.8 Å². The molecule has 1 saturated heterocycles. The van der Waals surface area contributed by atoms with E-state index in [1.165, 1.54) is 6.07 Å². The first-order valence-electron chi connectivity index (χ1n) is 8.74. The van der Waals surface area contributed by atoms with Crippen molar-refractivity contribution in [1.29, 1.82) is 0 Å². The number of nitrogens with one attached hydrogen (secondary N) is 2. The molecule has 2 aromatic heterocycles. The Morgan fingerprint density at radius 2 is 2.04 bits per heavy atom. The minimum Gasteiger partial charge on any atom is -0.355 e. The van der Waals surface area contributed by atoms with Gasteiger partial charge in [0.15, 0.2) is 5.82 Å². The molecule has 1 aliphatic rings. The molecule has 1 fully saturated rings. The van der Waals surface area contributed by atoms with E-state index in [1.54, 1.807) is 11.3 Å². The number of piperidine rings is 1. The quantitative estimate of drug-likeness (QED) is 0.631. The van der Waals surface area contributed by atoms with Gasteiger partial charge in [0.25, 0.3) is 0 Å². The summed E-state index contributed by atoms with van der Waals surface area (Å²) in [5, 5.41) is 9.24. The molecule has 4 rings (SSSR count).